The smallest absolute Gasteiger partial charge is 0.224 e. The first-order chi connectivity index (χ1) is 10.5. The van der Waals surface area contributed by atoms with Crippen LogP contribution >= 0.6 is 11.8 Å². The Bertz CT molecular complexity index is 631. The van der Waals surface area contributed by atoms with Crippen LogP contribution in [0.1, 0.15) is 25.3 Å². The fourth-order valence-corrected chi connectivity index (χ4v) is 2.66. The standard InChI is InChI=1S/C16H20N4OS/c1-11-10-13(22-16-18-8-3-9-19-16)5-6-14(11)20-15(21)7-4-12(2)17/h3,5-6,8-10,12H,4,7,17H2,1-2H3,(H,20,21). The Morgan fingerprint density at radius 1 is 1.36 bits per heavy atom. The van der Waals surface area contributed by atoms with E-state index < -0.39 is 0 Å². The van der Waals surface area contributed by atoms with Gasteiger partial charge < -0.3 is 11.1 Å². The van der Waals surface area contributed by atoms with Gasteiger partial charge in [-0.3, -0.25) is 4.79 Å². The third-order valence-corrected chi connectivity index (χ3v) is 3.93. The van der Waals surface area contributed by atoms with Crippen LogP contribution in [0, 0.1) is 6.92 Å². The maximum atomic E-state index is 11.9. The zero-order valence-corrected chi connectivity index (χ0v) is 13.6. The van der Waals surface area contributed by atoms with Crippen molar-refractivity contribution in [3.05, 3.63) is 42.2 Å². The van der Waals surface area contributed by atoms with E-state index in [1.165, 1.54) is 11.8 Å². The second kappa shape index (κ2) is 7.91. The van der Waals surface area contributed by atoms with Gasteiger partial charge in [-0.1, -0.05) is 0 Å². The molecular weight excluding hydrogens is 296 g/mol. The molecule has 6 heteroatoms. The number of hydrogen-bond donors (Lipinski definition) is 2. The summed E-state index contributed by atoms with van der Waals surface area (Å²) in [5.41, 5.74) is 7.50. The first-order valence-electron chi connectivity index (χ1n) is 7.15. The molecule has 0 radical (unpaired) electrons. The van der Waals surface area contributed by atoms with E-state index in [1.807, 2.05) is 32.0 Å². The number of aryl methyl sites for hydroxylation is 1. The Balaban J connectivity index is 1.99. The molecule has 0 saturated carbocycles. The lowest BCUT2D eigenvalue weighted by molar-refractivity contribution is -0.116. The third kappa shape index (κ3) is 5.13. The van der Waals surface area contributed by atoms with Gasteiger partial charge in [0.15, 0.2) is 5.16 Å². The van der Waals surface area contributed by atoms with Gasteiger partial charge in [0.1, 0.15) is 0 Å². The van der Waals surface area contributed by atoms with E-state index >= 15 is 0 Å². The summed E-state index contributed by atoms with van der Waals surface area (Å²) < 4.78 is 0. The number of nitrogens with one attached hydrogen (secondary N) is 1. The highest BCUT2D eigenvalue weighted by Crippen LogP contribution is 2.27. The SMILES string of the molecule is Cc1cc(Sc2ncccn2)ccc1NC(=O)CCC(C)N. The minimum atomic E-state index is -0.00723. The molecule has 116 valence electrons. The maximum absolute atomic E-state index is 11.9. The fourth-order valence-electron chi connectivity index (χ4n) is 1.85. The van der Waals surface area contributed by atoms with Gasteiger partial charge in [0.25, 0.3) is 0 Å². The van der Waals surface area contributed by atoms with Crippen molar-refractivity contribution < 1.29 is 4.79 Å². The molecule has 1 heterocycles. The van der Waals surface area contributed by atoms with Crippen LogP contribution in [0.25, 0.3) is 0 Å². The molecule has 1 unspecified atom stereocenters. The highest BCUT2D eigenvalue weighted by molar-refractivity contribution is 7.99. The lowest BCUT2D eigenvalue weighted by Crippen LogP contribution is -2.19. The van der Waals surface area contributed by atoms with Crippen molar-refractivity contribution in [3.63, 3.8) is 0 Å². The molecule has 0 aliphatic carbocycles. The summed E-state index contributed by atoms with van der Waals surface area (Å²) in [7, 11) is 0. The summed E-state index contributed by atoms with van der Waals surface area (Å²) in [6.07, 6.45) is 4.56. The van der Waals surface area contributed by atoms with E-state index in [0.717, 1.165) is 16.1 Å². The van der Waals surface area contributed by atoms with E-state index in [4.69, 9.17) is 5.73 Å². The molecule has 1 amide bonds. The Kier molecular flexibility index (Phi) is 5.91. The maximum Gasteiger partial charge on any atom is 0.224 e. The van der Waals surface area contributed by atoms with Gasteiger partial charge in [-0.15, -0.1) is 0 Å². The predicted molar refractivity (Wildman–Crippen MR) is 88.8 cm³/mol. The zero-order valence-electron chi connectivity index (χ0n) is 12.7. The molecule has 22 heavy (non-hydrogen) atoms. The van der Waals surface area contributed by atoms with E-state index in [9.17, 15) is 4.79 Å². The molecule has 5 nitrogen and oxygen atoms in total. The minimum absolute atomic E-state index is 0.00723. The average Bonchev–Trinajstić information content (AvgIpc) is 2.49. The third-order valence-electron chi connectivity index (χ3n) is 3.05. The Morgan fingerprint density at radius 3 is 2.73 bits per heavy atom. The van der Waals surface area contributed by atoms with Gasteiger partial charge in [0.05, 0.1) is 0 Å². The summed E-state index contributed by atoms with van der Waals surface area (Å²) in [6.45, 7) is 3.87. The second-order valence-electron chi connectivity index (χ2n) is 5.17. The highest BCUT2D eigenvalue weighted by Gasteiger charge is 2.08. The van der Waals surface area contributed by atoms with Gasteiger partial charge >= 0.3 is 0 Å². The van der Waals surface area contributed by atoms with Crippen LogP contribution in [0.4, 0.5) is 5.69 Å². The number of hydrogen-bond acceptors (Lipinski definition) is 5. The number of amides is 1. The molecule has 2 aromatic rings. The quantitative estimate of drug-likeness (QED) is 0.801. The van der Waals surface area contributed by atoms with Crippen LogP contribution in [0.5, 0.6) is 0 Å². The van der Waals surface area contributed by atoms with Crippen LogP contribution in [0.2, 0.25) is 0 Å². The van der Waals surface area contributed by atoms with Gasteiger partial charge in [-0.05, 0) is 61.9 Å². The molecule has 1 aromatic carbocycles. The largest absolute Gasteiger partial charge is 0.328 e. The summed E-state index contributed by atoms with van der Waals surface area (Å²) in [6, 6.07) is 7.70. The van der Waals surface area contributed by atoms with Gasteiger partial charge in [0, 0.05) is 35.4 Å². The molecule has 1 atom stereocenters. The van der Waals surface area contributed by atoms with Crippen molar-refractivity contribution >= 4 is 23.4 Å². The molecule has 0 bridgehead atoms. The summed E-state index contributed by atoms with van der Waals surface area (Å²) in [5, 5.41) is 3.63. The van der Waals surface area contributed by atoms with Crippen molar-refractivity contribution in [3.8, 4) is 0 Å². The van der Waals surface area contributed by atoms with E-state index in [-0.39, 0.29) is 11.9 Å². The lowest BCUT2D eigenvalue weighted by atomic mass is 10.1. The summed E-state index contributed by atoms with van der Waals surface area (Å²) in [4.78, 5) is 21.3. The molecule has 3 N–H and O–H groups in total. The average molecular weight is 316 g/mol. The molecule has 0 aliphatic rings. The Morgan fingerprint density at radius 2 is 2.09 bits per heavy atom. The van der Waals surface area contributed by atoms with Crippen LogP contribution in [0.3, 0.4) is 0 Å². The number of anilines is 1. The van der Waals surface area contributed by atoms with Gasteiger partial charge in [-0.25, -0.2) is 9.97 Å². The van der Waals surface area contributed by atoms with Crippen LogP contribution < -0.4 is 11.1 Å². The minimum Gasteiger partial charge on any atom is -0.328 e. The second-order valence-corrected chi connectivity index (χ2v) is 6.21. The number of carbonyl (C=O) groups is 1. The van der Waals surface area contributed by atoms with Crippen molar-refractivity contribution in [2.75, 3.05) is 5.32 Å². The highest BCUT2D eigenvalue weighted by atomic mass is 32.2. The number of nitrogens with two attached hydrogens (primary N) is 1. The molecular formula is C16H20N4OS. The normalized spacial score (nSPS) is 12.0. The lowest BCUT2D eigenvalue weighted by Gasteiger charge is -2.10. The van der Waals surface area contributed by atoms with Crippen LogP contribution in [-0.4, -0.2) is 21.9 Å². The van der Waals surface area contributed by atoms with Crippen molar-refractivity contribution in [1.82, 2.24) is 9.97 Å². The topological polar surface area (TPSA) is 80.9 Å². The monoisotopic (exact) mass is 316 g/mol. The van der Waals surface area contributed by atoms with Crippen molar-refractivity contribution in [1.29, 1.82) is 0 Å². The predicted octanol–water partition coefficient (Wildman–Crippen LogP) is 3.00. The molecule has 2 rings (SSSR count). The first-order valence-corrected chi connectivity index (χ1v) is 7.97. The molecule has 1 aromatic heterocycles. The van der Waals surface area contributed by atoms with E-state index in [0.29, 0.717) is 18.0 Å². The number of benzene rings is 1. The molecule has 0 saturated heterocycles. The fraction of sp³-hybridized carbons (Fsp3) is 0.312. The van der Waals surface area contributed by atoms with Crippen LogP contribution in [0.15, 0.2) is 46.7 Å². The number of nitrogens with zero attached hydrogens (tertiary/aromatic N) is 2. The molecule has 0 spiro atoms. The van der Waals surface area contributed by atoms with E-state index in [1.54, 1.807) is 18.5 Å². The summed E-state index contributed by atoms with van der Waals surface area (Å²) >= 11 is 1.49. The van der Waals surface area contributed by atoms with Crippen molar-refractivity contribution in [2.45, 2.75) is 42.8 Å². The first kappa shape index (κ1) is 16.5. The van der Waals surface area contributed by atoms with Crippen molar-refractivity contribution in [2.24, 2.45) is 5.73 Å². The number of carbonyl (C=O) groups excluding carboxylic acids is 1. The number of rotatable bonds is 6. The van der Waals surface area contributed by atoms with E-state index in [2.05, 4.69) is 15.3 Å². The number of aromatic nitrogens is 2. The van der Waals surface area contributed by atoms with Crippen LogP contribution in [-0.2, 0) is 4.79 Å². The zero-order chi connectivity index (χ0) is 15.9. The summed E-state index contributed by atoms with van der Waals surface area (Å²) in [5.74, 6) is -0.00723. The Hall–Kier alpha value is -1.92. The molecule has 0 fully saturated rings. The van der Waals surface area contributed by atoms with Gasteiger partial charge in [-0.2, -0.15) is 0 Å². The van der Waals surface area contributed by atoms with Gasteiger partial charge in [0.2, 0.25) is 5.91 Å². The Labute approximate surface area is 134 Å². The molecule has 0 aliphatic heterocycles.